The molecule has 3 nitrogen and oxygen atoms in total. The molecule has 1 unspecified atom stereocenters. The minimum atomic E-state index is 0. The Labute approximate surface area is 130 Å². The van der Waals surface area contributed by atoms with E-state index < -0.39 is 0 Å². The Morgan fingerprint density at radius 2 is 2.05 bits per heavy atom. The van der Waals surface area contributed by atoms with E-state index in [4.69, 9.17) is 26.5 Å². The van der Waals surface area contributed by atoms with Crippen molar-refractivity contribution < 1.29 is 9.15 Å². The van der Waals surface area contributed by atoms with Crippen molar-refractivity contribution in [2.45, 2.75) is 25.8 Å². The summed E-state index contributed by atoms with van der Waals surface area (Å²) in [6, 6.07) is 9.63. The molecule has 20 heavy (non-hydrogen) atoms. The van der Waals surface area contributed by atoms with Crippen LogP contribution in [0.5, 0.6) is 5.75 Å². The van der Waals surface area contributed by atoms with Crippen LogP contribution in [0, 0.1) is 0 Å². The van der Waals surface area contributed by atoms with E-state index in [1.807, 2.05) is 30.3 Å². The third-order valence-corrected chi connectivity index (χ3v) is 3.38. The number of rotatable bonds is 5. The summed E-state index contributed by atoms with van der Waals surface area (Å²) in [6.07, 6.45) is 1.69. The molecule has 0 saturated heterocycles. The van der Waals surface area contributed by atoms with Crippen molar-refractivity contribution in [2.24, 2.45) is 5.73 Å². The van der Waals surface area contributed by atoms with Crippen molar-refractivity contribution in [1.29, 1.82) is 0 Å². The lowest BCUT2D eigenvalue weighted by Gasteiger charge is -2.06. The van der Waals surface area contributed by atoms with Gasteiger partial charge in [-0.3, -0.25) is 0 Å². The van der Waals surface area contributed by atoms with Gasteiger partial charge < -0.3 is 14.9 Å². The molecule has 0 aliphatic carbocycles. The van der Waals surface area contributed by atoms with Crippen LogP contribution in [0.1, 0.15) is 19.1 Å². The first kappa shape index (κ1) is 16.9. The smallest absolute Gasteiger partial charge is 0.137 e. The summed E-state index contributed by atoms with van der Waals surface area (Å²) in [5, 5.41) is 0.572. The van der Waals surface area contributed by atoms with E-state index in [0.29, 0.717) is 10.8 Å². The maximum atomic E-state index is 6.11. The summed E-state index contributed by atoms with van der Waals surface area (Å²) in [5.74, 6) is 2.35. The van der Waals surface area contributed by atoms with Gasteiger partial charge in [-0.2, -0.15) is 0 Å². The normalized spacial score (nSPS) is 11.8. The standard InChI is InChI=1S/C15H18ClNO2.ClH/c1-3-11(17)9-12-5-7-14(19-12)10-4-6-15(18-2)13(16)8-10;/h4-8,11H,3,9,17H2,1-2H3;1H. The van der Waals surface area contributed by atoms with E-state index in [1.54, 1.807) is 7.11 Å². The molecule has 5 heteroatoms. The number of furan rings is 1. The van der Waals surface area contributed by atoms with Crippen LogP contribution in [-0.2, 0) is 6.42 Å². The molecule has 2 N–H and O–H groups in total. The molecule has 1 aromatic heterocycles. The molecule has 1 aromatic carbocycles. The zero-order chi connectivity index (χ0) is 13.8. The molecule has 2 aromatic rings. The quantitative estimate of drug-likeness (QED) is 0.894. The van der Waals surface area contributed by atoms with Gasteiger partial charge in [0.1, 0.15) is 17.3 Å². The van der Waals surface area contributed by atoms with E-state index in [9.17, 15) is 0 Å². The third kappa shape index (κ3) is 3.92. The highest BCUT2D eigenvalue weighted by atomic mass is 35.5. The van der Waals surface area contributed by atoms with Gasteiger partial charge in [0.2, 0.25) is 0 Å². The van der Waals surface area contributed by atoms with E-state index in [1.165, 1.54) is 0 Å². The van der Waals surface area contributed by atoms with Gasteiger partial charge in [0.15, 0.2) is 0 Å². The topological polar surface area (TPSA) is 48.4 Å². The Balaban J connectivity index is 0.00000200. The number of hydrogen-bond acceptors (Lipinski definition) is 3. The summed E-state index contributed by atoms with van der Waals surface area (Å²) in [5.41, 5.74) is 6.85. The Morgan fingerprint density at radius 3 is 2.65 bits per heavy atom. The van der Waals surface area contributed by atoms with Crippen LogP contribution in [0.2, 0.25) is 5.02 Å². The molecular weight excluding hydrogens is 297 g/mol. The molecule has 110 valence electrons. The largest absolute Gasteiger partial charge is 0.495 e. The molecule has 0 bridgehead atoms. The molecular formula is C15H19Cl2NO2. The molecule has 0 saturated carbocycles. The number of benzene rings is 1. The van der Waals surface area contributed by atoms with Crippen molar-refractivity contribution in [1.82, 2.24) is 0 Å². The second kappa shape index (κ2) is 7.58. The predicted octanol–water partition coefficient (Wildman–Crippen LogP) is 4.31. The first-order valence-corrected chi connectivity index (χ1v) is 6.70. The van der Waals surface area contributed by atoms with Crippen molar-refractivity contribution in [2.75, 3.05) is 7.11 Å². The highest BCUT2D eigenvalue weighted by Gasteiger charge is 2.10. The fourth-order valence-corrected chi connectivity index (χ4v) is 2.12. The number of halogens is 2. The van der Waals surface area contributed by atoms with Crippen LogP contribution in [0.25, 0.3) is 11.3 Å². The molecule has 0 fully saturated rings. The van der Waals surface area contributed by atoms with Crippen LogP contribution in [0.4, 0.5) is 0 Å². The Kier molecular flexibility index (Phi) is 6.40. The van der Waals surface area contributed by atoms with E-state index >= 15 is 0 Å². The average molecular weight is 316 g/mol. The molecule has 0 aliphatic heterocycles. The number of methoxy groups -OCH3 is 1. The van der Waals surface area contributed by atoms with Crippen molar-refractivity contribution >= 4 is 24.0 Å². The highest BCUT2D eigenvalue weighted by molar-refractivity contribution is 6.32. The van der Waals surface area contributed by atoms with Crippen molar-refractivity contribution in [3.8, 4) is 17.1 Å². The number of ether oxygens (including phenoxy) is 1. The second-order valence-corrected chi connectivity index (χ2v) is 4.89. The van der Waals surface area contributed by atoms with Gasteiger partial charge in [-0.1, -0.05) is 18.5 Å². The van der Waals surface area contributed by atoms with Gasteiger partial charge in [0, 0.05) is 18.0 Å². The van der Waals surface area contributed by atoms with Crippen LogP contribution in [0.15, 0.2) is 34.7 Å². The van der Waals surface area contributed by atoms with E-state index in [0.717, 1.165) is 29.9 Å². The molecule has 0 radical (unpaired) electrons. The van der Waals surface area contributed by atoms with E-state index in [-0.39, 0.29) is 18.4 Å². The average Bonchev–Trinajstić information content (AvgIpc) is 2.87. The van der Waals surface area contributed by atoms with Gasteiger partial charge in [-0.25, -0.2) is 0 Å². The van der Waals surface area contributed by atoms with Gasteiger partial charge in [0.25, 0.3) is 0 Å². The van der Waals surface area contributed by atoms with Crippen LogP contribution in [0.3, 0.4) is 0 Å². The van der Waals surface area contributed by atoms with Gasteiger partial charge in [-0.05, 0) is 36.8 Å². The minimum absolute atomic E-state index is 0. The SMILES string of the molecule is CCC(N)Cc1ccc(-c2ccc(OC)c(Cl)c2)o1.Cl. The molecule has 2 rings (SSSR count). The lowest BCUT2D eigenvalue weighted by Crippen LogP contribution is -2.20. The summed E-state index contributed by atoms with van der Waals surface area (Å²) >= 11 is 6.11. The lowest BCUT2D eigenvalue weighted by molar-refractivity contribution is 0.415. The first-order chi connectivity index (χ1) is 9.13. The lowest BCUT2D eigenvalue weighted by atomic mass is 10.1. The Hall–Kier alpha value is -1.16. The Bertz CT molecular complexity index is 555. The summed E-state index contributed by atoms with van der Waals surface area (Å²) in [6.45, 7) is 2.07. The van der Waals surface area contributed by atoms with Crippen molar-refractivity contribution in [3.63, 3.8) is 0 Å². The van der Waals surface area contributed by atoms with Gasteiger partial charge in [-0.15, -0.1) is 12.4 Å². The molecule has 0 aliphatic rings. The number of nitrogens with two attached hydrogens (primary N) is 1. The van der Waals surface area contributed by atoms with Crippen LogP contribution >= 0.6 is 24.0 Å². The zero-order valence-corrected chi connectivity index (χ0v) is 13.1. The first-order valence-electron chi connectivity index (χ1n) is 6.32. The Morgan fingerprint density at radius 1 is 1.30 bits per heavy atom. The molecule has 0 spiro atoms. The fourth-order valence-electron chi connectivity index (χ4n) is 1.87. The van der Waals surface area contributed by atoms with Gasteiger partial charge >= 0.3 is 0 Å². The van der Waals surface area contributed by atoms with Crippen LogP contribution < -0.4 is 10.5 Å². The van der Waals surface area contributed by atoms with Gasteiger partial charge in [0.05, 0.1) is 12.1 Å². The fraction of sp³-hybridized carbons (Fsp3) is 0.333. The monoisotopic (exact) mass is 315 g/mol. The molecule has 1 heterocycles. The summed E-state index contributed by atoms with van der Waals surface area (Å²) in [4.78, 5) is 0. The second-order valence-electron chi connectivity index (χ2n) is 4.49. The number of hydrogen-bond donors (Lipinski definition) is 1. The minimum Gasteiger partial charge on any atom is -0.495 e. The van der Waals surface area contributed by atoms with Crippen molar-refractivity contribution in [3.05, 3.63) is 41.1 Å². The summed E-state index contributed by atoms with van der Waals surface area (Å²) < 4.78 is 10.9. The van der Waals surface area contributed by atoms with E-state index in [2.05, 4.69) is 6.92 Å². The maximum Gasteiger partial charge on any atom is 0.137 e. The van der Waals surface area contributed by atoms with Crippen LogP contribution in [-0.4, -0.2) is 13.2 Å². The molecule has 1 atom stereocenters. The zero-order valence-electron chi connectivity index (χ0n) is 11.6. The molecule has 0 amide bonds. The third-order valence-electron chi connectivity index (χ3n) is 3.09. The summed E-state index contributed by atoms with van der Waals surface area (Å²) in [7, 11) is 1.60. The highest BCUT2D eigenvalue weighted by Crippen LogP contribution is 2.31. The maximum absolute atomic E-state index is 6.11. The predicted molar refractivity (Wildman–Crippen MR) is 84.9 cm³/mol.